The Morgan fingerprint density at radius 2 is 2.20 bits per heavy atom. The van der Waals surface area contributed by atoms with Crippen molar-refractivity contribution in [2.75, 3.05) is 25.9 Å². The summed E-state index contributed by atoms with van der Waals surface area (Å²) in [5.74, 6) is -0.0906. The number of alkyl carbamates (subject to hydrolysis) is 1. The molecule has 20 heavy (non-hydrogen) atoms. The Labute approximate surface area is 125 Å². The second kappa shape index (κ2) is 6.13. The van der Waals surface area contributed by atoms with E-state index in [-0.39, 0.29) is 11.9 Å². The highest BCUT2D eigenvalue weighted by Crippen LogP contribution is 2.20. The van der Waals surface area contributed by atoms with Gasteiger partial charge >= 0.3 is 6.09 Å². The molecule has 1 aliphatic heterocycles. The van der Waals surface area contributed by atoms with Gasteiger partial charge in [-0.1, -0.05) is 15.9 Å². The van der Waals surface area contributed by atoms with Crippen molar-refractivity contribution >= 4 is 33.6 Å². The number of methoxy groups -OCH3 is 1. The molecule has 2 rings (SSSR count). The van der Waals surface area contributed by atoms with Crippen LogP contribution in [0.5, 0.6) is 0 Å². The van der Waals surface area contributed by atoms with Crippen molar-refractivity contribution < 1.29 is 14.3 Å². The molecule has 7 heteroatoms. The number of nitrogens with one attached hydrogen (secondary N) is 1. The Bertz CT molecular complexity index is 515. The predicted octanol–water partition coefficient (Wildman–Crippen LogP) is 1.60. The first-order valence-electron chi connectivity index (χ1n) is 6.19. The largest absolute Gasteiger partial charge is 0.453 e. The van der Waals surface area contributed by atoms with Gasteiger partial charge in [0.1, 0.15) is 0 Å². The standard InChI is InChI=1S/C13H16BrN3O3/c1-20-13(19)16-11-2-3-17(7-11)12(18)8-4-9(14)6-10(15)5-8/h4-6,11H,2-3,7,15H2,1H3,(H,16,19). The summed E-state index contributed by atoms with van der Waals surface area (Å²) in [5.41, 5.74) is 6.80. The van der Waals surface area contributed by atoms with Gasteiger partial charge in [0.15, 0.2) is 0 Å². The molecule has 0 aliphatic carbocycles. The van der Waals surface area contributed by atoms with E-state index in [1.807, 2.05) is 0 Å². The Hall–Kier alpha value is -1.76. The van der Waals surface area contributed by atoms with Crippen molar-refractivity contribution in [2.24, 2.45) is 0 Å². The molecule has 1 unspecified atom stereocenters. The molecule has 1 atom stereocenters. The molecule has 0 radical (unpaired) electrons. The predicted molar refractivity (Wildman–Crippen MR) is 78.4 cm³/mol. The van der Waals surface area contributed by atoms with Gasteiger partial charge in [-0.15, -0.1) is 0 Å². The van der Waals surface area contributed by atoms with Crippen molar-refractivity contribution in [3.8, 4) is 0 Å². The summed E-state index contributed by atoms with van der Waals surface area (Å²) in [6.07, 6.45) is 0.237. The van der Waals surface area contributed by atoms with Crippen LogP contribution in [-0.4, -0.2) is 43.1 Å². The number of hydrogen-bond acceptors (Lipinski definition) is 4. The van der Waals surface area contributed by atoms with Gasteiger partial charge in [0.05, 0.1) is 13.2 Å². The van der Waals surface area contributed by atoms with E-state index in [0.29, 0.717) is 30.8 Å². The number of ether oxygens (including phenoxy) is 1. The Morgan fingerprint density at radius 3 is 2.85 bits per heavy atom. The third-order valence-electron chi connectivity index (χ3n) is 3.15. The molecule has 3 N–H and O–H groups in total. The number of halogens is 1. The minimum Gasteiger partial charge on any atom is -0.453 e. The van der Waals surface area contributed by atoms with Crippen molar-refractivity contribution in [3.05, 3.63) is 28.2 Å². The van der Waals surface area contributed by atoms with Crippen LogP contribution in [0, 0.1) is 0 Å². The maximum Gasteiger partial charge on any atom is 0.407 e. The maximum atomic E-state index is 12.4. The number of carbonyl (C=O) groups is 2. The first kappa shape index (κ1) is 14.6. The summed E-state index contributed by atoms with van der Waals surface area (Å²) in [6, 6.07) is 5.05. The van der Waals surface area contributed by atoms with E-state index < -0.39 is 6.09 Å². The molecule has 2 amide bonds. The molecule has 1 fully saturated rings. The fourth-order valence-corrected chi connectivity index (χ4v) is 2.72. The molecule has 1 heterocycles. The van der Waals surface area contributed by atoms with Crippen LogP contribution < -0.4 is 11.1 Å². The number of nitrogens with two attached hydrogens (primary N) is 1. The number of benzene rings is 1. The van der Waals surface area contributed by atoms with Gasteiger partial charge in [-0.05, 0) is 24.6 Å². The zero-order valence-electron chi connectivity index (χ0n) is 11.1. The fraction of sp³-hybridized carbons (Fsp3) is 0.385. The van der Waals surface area contributed by atoms with Crippen molar-refractivity contribution in [1.29, 1.82) is 0 Å². The van der Waals surface area contributed by atoms with Gasteiger partial charge in [0, 0.05) is 28.8 Å². The third-order valence-corrected chi connectivity index (χ3v) is 3.61. The van der Waals surface area contributed by atoms with E-state index in [0.717, 1.165) is 4.47 Å². The molecule has 0 spiro atoms. The SMILES string of the molecule is COC(=O)NC1CCN(C(=O)c2cc(N)cc(Br)c2)C1. The monoisotopic (exact) mass is 341 g/mol. The van der Waals surface area contributed by atoms with Gasteiger partial charge in [-0.3, -0.25) is 4.79 Å². The summed E-state index contributed by atoms with van der Waals surface area (Å²) in [6.45, 7) is 1.07. The fourth-order valence-electron chi connectivity index (χ4n) is 2.21. The molecule has 0 saturated carbocycles. The highest BCUT2D eigenvalue weighted by Gasteiger charge is 2.28. The van der Waals surface area contributed by atoms with Gasteiger partial charge < -0.3 is 20.7 Å². The second-order valence-electron chi connectivity index (χ2n) is 4.65. The number of hydrogen-bond donors (Lipinski definition) is 2. The average molecular weight is 342 g/mol. The first-order chi connectivity index (χ1) is 9.49. The molecule has 0 aromatic heterocycles. The summed E-state index contributed by atoms with van der Waals surface area (Å²) in [5, 5.41) is 2.70. The van der Waals surface area contributed by atoms with E-state index >= 15 is 0 Å². The number of anilines is 1. The Kier molecular flexibility index (Phi) is 4.49. The van der Waals surface area contributed by atoms with Crippen LogP contribution in [0.2, 0.25) is 0 Å². The molecule has 1 aromatic rings. The van der Waals surface area contributed by atoms with E-state index in [1.165, 1.54) is 7.11 Å². The van der Waals surface area contributed by atoms with E-state index in [2.05, 4.69) is 26.0 Å². The van der Waals surface area contributed by atoms with Crippen LogP contribution in [0.3, 0.4) is 0 Å². The quantitative estimate of drug-likeness (QED) is 0.800. The highest BCUT2D eigenvalue weighted by molar-refractivity contribution is 9.10. The molecule has 1 saturated heterocycles. The molecule has 1 aliphatic rings. The molecule has 6 nitrogen and oxygen atoms in total. The highest BCUT2D eigenvalue weighted by atomic mass is 79.9. The van der Waals surface area contributed by atoms with Crippen LogP contribution >= 0.6 is 15.9 Å². The lowest BCUT2D eigenvalue weighted by Gasteiger charge is -2.17. The summed E-state index contributed by atoms with van der Waals surface area (Å²) in [7, 11) is 1.32. The van der Waals surface area contributed by atoms with Gasteiger partial charge in [-0.25, -0.2) is 4.79 Å². The topological polar surface area (TPSA) is 84.7 Å². The lowest BCUT2D eigenvalue weighted by Crippen LogP contribution is -2.38. The average Bonchev–Trinajstić information content (AvgIpc) is 2.85. The zero-order chi connectivity index (χ0) is 14.7. The first-order valence-corrected chi connectivity index (χ1v) is 6.98. The second-order valence-corrected chi connectivity index (χ2v) is 5.56. The Balaban J connectivity index is 2.02. The van der Waals surface area contributed by atoms with Crippen LogP contribution in [0.25, 0.3) is 0 Å². The van der Waals surface area contributed by atoms with Crippen molar-refractivity contribution in [2.45, 2.75) is 12.5 Å². The third kappa shape index (κ3) is 3.41. The lowest BCUT2D eigenvalue weighted by atomic mass is 10.2. The van der Waals surface area contributed by atoms with Crippen molar-refractivity contribution in [3.63, 3.8) is 0 Å². The summed E-state index contributed by atoms with van der Waals surface area (Å²) >= 11 is 3.32. The molecule has 108 valence electrons. The summed E-state index contributed by atoms with van der Waals surface area (Å²) < 4.78 is 5.32. The van der Waals surface area contributed by atoms with E-state index in [4.69, 9.17) is 5.73 Å². The normalized spacial score (nSPS) is 17.9. The van der Waals surface area contributed by atoms with Crippen molar-refractivity contribution in [1.82, 2.24) is 10.2 Å². The number of nitrogens with zero attached hydrogens (tertiary/aromatic N) is 1. The molecular weight excluding hydrogens is 326 g/mol. The number of carbonyl (C=O) groups excluding carboxylic acids is 2. The zero-order valence-corrected chi connectivity index (χ0v) is 12.6. The van der Waals surface area contributed by atoms with Crippen LogP contribution in [0.1, 0.15) is 16.8 Å². The Morgan fingerprint density at radius 1 is 1.45 bits per heavy atom. The molecular formula is C13H16BrN3O3. The number of amides is 2. The molecule has 0 bridgehead atoms. The number of rotatable bonds is 2. The van der Waals surface area contributed by atoms with E-state index in [1.54, 1.807) is 23.1 Å². The van der Waals surface area contributed by atoms with Crippen LogP contribution in [0.4, 0.5) is 10.5 Å². The minimum absolute atomic E-state index is 0.0732. The van der Waals surface area contributed by atoms with Gasteiger partial charge in [-0.2, -0.15) is 0 Å². The smallest absolute Gasteiger partial charge is 0.407 e. The van der Waals surface area contributed by atoms with Gasteiger partial charge in [0.2, 0.25) is 0 Å². The minimum atomic E-state index is -0.476. The number of likely N-dealkylation sites (tertiary alicyclic amines) is 1. The lowest BCUT2D eigenvalue weighted by molar-refractivity contribution is 0.0788. The number of nitrogen functional groups attached to an aromatic ring is 1. The van der Waals surface area contributed by atoms with Crippen LogP contribution in [0.15, 0.2) is 22.7 Å². The van der Waals surface area contributed by atoms with E-state index in [9.17, 15) is 9.59 Å². The van der Waals surface area contributed by atoms with Gasteiger partial charge in [0.25, 0.3) is 5.91 Å². The van der Waals surface area contributed by atoms with Crippen LogP contribution in [-0.2, 0) is 4.74 Å². The molecule has 1 aromatic carbocycles. The summed E-state index contributed by atoms with van der Waals surface area (Å²) in [4.78, 5) is 25.2. The maximum absolute atomic E-state index is 12.4.